The molecule has 0 radical (unpaired) electrons. The van der Waals surface area contributed by atoms with Gasteiger partial charge in [0, 0.05) is 38.9 Å². The van der Waals surface area contributed by atoms with Crippen LogP contribution in [0.25, 0.3) is 0 Å². The van der Waals surface area contributed by atoms with Crippen molar-refractivity contribution in [1.29, 1.82) is 0 Å². The lowest BCUT2D eigenvalue weighted by Crippen LogP contribution is -2.49. The van der Waals surface area contributed by atoms with Crippen LogP contribution in [0.1, 0.15) is 41.0 Å². The molecule has 2 aliphatic heterocycles. The van der Waals surface area contributed by atoms with E-state index < -0.39 is 0 Å². The number of nitrogens with one attached hydrogen (secondary N) is 1. The van der Waals surface area contributed by atoms with Gasteiger partial charge in [-0.05, 0) is 49.3 Å². The summed E-state index contributed by atoms with van der Waals surface area (Å²) in [7, 11) is 0. The molecule has 0 unspecified atom stereocenters. The molecule has 0 saturated carbocycles. The highest BCUT2D eigenvalue weighted by Gasteiger charge is 2.25. The van der Waals surface area contributed by atoms with Gasteiger partial charge in [0.2, 0.25) is 5.91 Å². The van der Waals surface area contributed by atoms with Gasteiger partial charge in [0.25, 0.3) is 0 Å². The second-order valence-electron chi connectivity index (χ2n) is 7.33. The summed E-state index contributed by atoms with van der Waals surface area (Å²) in [6, 6.07) is 7.79. The number of imide groups is 1. The van der Waals surface area contributed by atoms with Gasteiger partial charge in [-0.3, -0.25) is 15.0 Å². The molecule has 132 valence electrons. The SMILES string of the molecule is CC(C)CC1CCN(c2cccc(N3CCC(=O)NC3=O)c2)CC1.[HH]. The van der Waals surface area contributed by atoms with Crippen molar-refractivity contribution >= 4 is 23.3 Å². The first-order valence-corrected chi connectivity index (χ1v) is 8.99. The molecule has 2 fully saturated rings. The number of piperidine rings is 1. The zero-order valence-electron chi connectivity index (χ0n) is 14.6. The maximum Gasteiger partial charge on any atom is 0.328 e. The Balaban J connectivity index is 0.00000225. The number of benzene rings is 1. The largest absolute Gasteiger partial charge is 0.371 e. The number of anilines is 2. The van der Waals surface area contributed by atoms with E-state index in [9.17, 15) is 9.59 Å². The maximum absolute atomic E-state index is 12.0. The molecule has 1 aromatic carbocycles. The molecule has 1 aromatic rings. The second kappa shape index (κ2) is 7.24. The van der Waals surface area contributed by atoms with Crippen molar-refractivity contribution < 1.29 is 11.0 Å². The van der Waals surface area contributed by atoms with Crippen LogP contribution in [0, 0.1) is 11.8 Å². The number of carbonyl (C=O) groups excluding carboxylic acids is 2. The van der Waals surface area contributed by atoms with Crippen molar-refractivity contribution in [2.45, 2.75) is 39.5 Å². The Hall–Kier alpha value is -2.04. The van der Waals surface area contributed by atoms with Gasteiger partial charge in [0.1, 0.15) is 0 Å². The fourth-order valence-electron chi connectivity index (χ4n) is 3.76. The number of nitrogens with zero attached hydrogens (tertiary/aromatic N) is 2. The van der Waals surface area contributed by atoms with Gasteiger partial charge >= 0.3 is 6.03 Å². The summed E-state index contributed by atoms with van der Waals surface area (Å²) in [4.78, 5) is 27.4. The summed E-state index contributed by atoms with van der Waals surface area (Å²) in [6.45, 7) is 7.19. The van der Waals surface area contributed by atoms with Crippen LogP contribution in [-0.4, -0.2) is 31.6 Å². The van der Waals surface area contributed by atoms with Crippen LogP contribution in [0.5, 0.6) is 0 Å². The number of hydrogen-bond acceptors (Lipinski definition) is 3. The first-order chi connectivity index (χ1) is 11.5. The minimum Gasteiger partial charge on any atom is -0.371 e. The van der Waals surface area contributed by atoms with Crippen LogP contribution in [0.4, 0.5) is 16.2 Å². The first kappa shape index (κ1) is 16.8. The number of carbonyl (C=O) groups is 2. The third kappa shape index (κ3) is 3.89. The molecule has 3 amide bonds. The van der Waals surface area contributed by atoms with Crippen LogP contribution in [0.3, 0.4) is 0 Å². The van der Waals surface area contributed by atoms with Crippen molar-refractivity contribution in [3.63, 3.8) is 0 Å². The average Bonchev–Trinajstić information content (AvgIpc) is 2.55. The van der Waals surface area contributed by atoms with Crippen molar-refractivity contribution in [1.82, 2.24) is 5.32 Å². The normalized spacial score (nSPS) is 19.8. The van der Waals surface area contributed by atoms with Crippen LogP contribution in [0.2, 0.25) is 0 Å². The predicted octanol–water partition coefficient (Wildman–Crippen LogP) is 3.64. The topological polar surface area (TPSA) is 52.6 Å². The summed E-state index contributed by atoms with van der Waals surface area (Å²) in [5, 5.41) is 2.39. The van der Waals surface area contributed by atoms with E-state index in [4.69, 9.17) is 0 Å². The van der Waals surface area contributed by atoms with Crippen molar-refractivity contribution in [3.05, 3.63) is 24.3 Å². The van der Waals surface area contributed by atoms with Gasteiger partial charge in [-0.25, -0.2) is 4.79 Å². The third-order valence-corrected chi connectivity index (χ3v) is 4.98. The Kier molecular flexibility index (Phi) is 5.07. The zero-order chi connectivity index (χ0) is 17.1. The summed E-state index contributed by atoms with van der Waals surface area (Å²) in [5.41, 5.74) is 2.03. The molecule has 3 rings (SSSR count). The van der Waals surface area contributed by atoms with E-state index in [-0.39, 0.29) is 13.4 Å². The van der Waals surface area contributed by atoms with Gasteiger partial charge in [-0.15, -0.1) is 0 Å². The second-order valence-corrected chi connectivity index (χ2v) is 7.33. The number of rotatable bonds is 4. The zero-order valence-corrected chi connectivity index (χ0v) is 14.6. The van der Waals surface area contributed by atoms with Gasteiger partial charge in [-0.1, -0.05) is 19.9 Å². The lowest BCUT2D eigenvalue weighted by molar-refractivity contribution is -0.120. The van der Waals surface area contributed by atoms with Crippen molar-refractivity contribution in [3.8, 4) is 0 Å². The molecular formula is C19H29N3O2. The van der Waals surface area contributed by atoms with Gasteiger partial charge < -0.3 is 4.90 Å². The number of urea groups is 1. The van der Waals surface area contributed by atoms with Crippen LogP contribution in [0.15, 0.2) is 24.3 Å². The molecule has 5 heteroatoms. The van der Waals surface area contributed by atoms with Crippen molar-refractivity contribution in [2.75, 3.05) is 29.4 Å². The van der Waals surface area contributed by atoms with Gasteiger partial charge in [0.15, 0.2) is 0 Å². The lowest BCUT2D eigenvalue weighted by atomic mass is 9.88. The van der Waals surface area contributed by atoms with E-state index in [1.807, 2.05) is 12.1 Å². The van der Waals surface area contributed by atoms with Gasteiger partial charge in [-0.2, -0.15) is 0 Å². The smallest absolute Gasteiger partial charge is 0.328 e. The monoisotopic (exact) mass is 331 g/mol. The molecule has 0 spiro atoms. The minimum absolute atomic E-state index is 0. The Bertz CT molecular complexity index is 612. The van der Waals surface area contributed by atoms with E-state index in [0.717, 1.165) is 30.6 Å². The molecule has 0 atom stereocenters. The van der Waals surface area contributed by atoms with Gasteiger partial charge in [0.05, 0.1) is 0 Å². The maximum atomic E-state index is 12.0. The Labute approximate surface area is 145 Å². The molecule has 2 saturated heterocycles. The molecule has 2 heterocycles. The Morgan fingerprint density at radius 2 is 1.88 bits per heavy atom. The first-order valence-electron chi connectivity index (χ1n) is 8.99. The number of amides is 3. The fraction of sp³-hybridized carbons (Fsp3) is 0.579. The van der Waals surface area contributed by atoms with E-state index in [1.165, 1.54) is 24.9 Å². The van der Waals surface area contributed by atoms with E-state index in [2.05, 4.69) is 36.2 Å². The Morgan fingerprint density at radius 1 is 1.17 bits per heavy atom. The minimum atomic E-state index is -0.320. The summed E-state index contributed by atoms with van der Waals surface area (Å²) in [5.74, 6) is 1.41. The quantitative estimate of drug-likeness (QED) is 0.916. The third-order valence-electron chi connectivity index (χ3n) is 4.98. The number of hydrogen-bond donors (Lipinski definition) is 1. The van der Waals surface area contributed by atoms with E-state index in [1.54, 1.807) is 4.90 Å². The van der Waals surface area contributed by atoms with Crippen LogP contribution < -0.4 is 15.1 Å². The molecule has 1 N–H and O–H groups in total. The highest BCUT2D eigenvalue weighted by molar-refractivity contribution is 6.05. The van der Waals surface area contributed by atoms with Crippen molar-refractivity contribution in [2.24, 2.45) is 11.8 Å². The highest BCUT2D eigenvalue weighted by Crippen LogP contribution is 2.29. The molecular weight excluding hydrogens is 302 g/mol. The summed E-state index contributed by atoms with van der Waals surface area (Å²) in [6.07, 6.45) is 4.15. The average molecular weight is 331 g/mol. The summed E-state index contributed by atoms with van der Waals surface area (Å²) < 4.78 is 0. The molecule has 0 aliphatic carbocycles. The standard InChI is InChI=1S/C19H27N3O2.H2/c1-14(2)12-15-6-9-21(10-7-15)16-4-3-5-17(13-16)22-11-8-18(23)20-19(22)24;/h3-5,13-15H,6-12H2,1-2H3,(H,20,23,24);1H. The van der Waals surface area contributed by atoms with E-state index in [0.29, 0.717) is 13.0 Å². The van der Waals surface area contributed by atoms with Crippen LogP contribution >= 0.6 is 0 Å². The molecule has 5 nitrogen and oxygen atoms in total. The van der Waals surface area contributed by atoms with E-state index >= 15 is 0 Å². The fourth-order valence-corrected chi connectivity index (χ4v) is 3.76. The molecule has 0 aromatic heterocycles. The lowest BCUT2D eigenvalue weighted by Gasteiger charge is -2.35. The predicted molar refractivity (Wildman–Crippen MR) is 98.4 cm³/mol. The molecule has 24 heavy (non-hydrogen) atoms. The van der Waals surface area contributed by atoms with Crippen LogP contribution in [-0.2, 0) is 4.79 Å². The highest BCUT2D eigenvalue weighted by atomic mass is 16.2. The molecule has 2 aliphatic rings. The summed E-state index contributed by atoms with van der Waals surface area (Å²) >= 11 is 0. The Morgan fingerprint density at radius 3 is 2.54 bits per heavy atom. The molecule has 0 bridgehead atoms.